The lowest BCUT2D eigenvalue weighted by atomic mass is 9.51. The molecule has 0 aliphatic heterocycles. The van der Waals surface area contributed by atoms with Gasteiger partial charge in [0.1, 0.15) is 5.78 Å². The van der Waals surface area contributed by atoms with Crippen molar-refractivity contribution in [2.45, 2.75) is 52.4 Å². The Morgan fingerprint density at radius 2 is 1.50 bits per heavy atom. The Hall–Kier alpha value is -0.330. The van der Waals surface area contributed by atoms with E-state index >= 15 is 0 Å². The first-order valence-corrected chi connectivity index (χ1v) is 7.16. The van der Waals surface area contributed by atoms with Crippen LogP contribution in [0.5, 0.6) is 0 Å². The smallest absolute Gasteiger partial charge is 0.135 e. The van der Waals surface area contributed by atoms with Crippen LogP contribution in [-0.4, -0.2) is 5.78 Å². The maximum absolute atomic E-state index is 11.9. The van der Waals surface area contributed by atoms with Crippen molar-refractivity contribution in [1.82, 2.24) is 0 Å². The third-order valence-electron chi connectivity index (χ3n) is 5.50. The molecule has 0 aromatic carbocycles. The molecule has 4 aliphatic rings. The highest BCUT2D eigenvalue weighted by Gasteiger charge is 2.48. The van der Waals surface area contributed by atoms with Crippen LogP contribution in [0.25, 0.3) is 0 Å². The van der Waals surface area contributed by atoms with Crippen LogP contribution in [0.4, 0.5) is 0 Å². The second-order valence-electron chi connectivity index (χ2n) is 6.92. The van der Waals surface area contributed by atoms with Crippen molar-refractivity contribution in [3.63, 3.8) is 0 Å². The summed E-state index contributed by atoms with van der Waals surface area (Å²) in [7, 11) is 0. The van der Waals surface area contributed by atoms with E-state index in [-0.39, 0.29) is 5.92 Å². The normalized spacial score (nSPS) is 45.3. The monoisotopic (exact) mass is 220 g/mol. The summed E-state index contributed by atoms with van der Waals surface area (Å²) < 4.78 is 0. The Labute approximate surface area is 99.0 Å². The fraction of sp³-hybridized carbons (Fsp3) is 0.933. The lowest BCUT2D eigenvalue weighted by Gasteiger charge is -2.54. The standard InChI is InChI=1S/C15H24O/c1-9(2)15(16)8-14-12-4-10-3-11(6-12)7-13(14)5-10/h9-14H,3-8H2,1-2H3. The fourth-order valence-electron chi connectivity index (χ4n) is 4.84. The minimum Gasteiger partial charge on any atom is -0.299 e. The predicted octanol–water partition coefficient (Wildman–Crippen LogP) is 3.67. The van der Waals surface area contributed by atoms with Crippen LogP contribution in [0, 0.1) is 35.5 Å². The number of Topliss-reactive ketones (excluding diaryl/α,β-unsaturated/α-hetero) is 1. The highest BCUT2D eigenvalue weighted by atomic mass is 16.1. The highest BCUT2D eigenvalue weighted by Crippen LogP contribution is 2.57. The minimum atomic E-state index is 0.247. The van der Waals surface area contributed by atoms with Gasteiger partial charge in [-0.3, -0.25) is 4.79 Å². The van der Waals surface area contributed by atoms with E-state index in [0.29, 0.717) is 5.78 Å². The van der Waals surface area contributed by atoms with E-state index in [1.807, 2.05) is 0 Å². The second-order valence-corrected chi connectivity index (χ2v) is 6.92. The summed E-state index contributed by atoms with van der Waals surface area (Å²) in [5.74, 6) is 5.43. The van der Waals surface area contributed by atoms with Gasteiger partial charge < -0.3 is 0 Å². The van der Waals surface area contributed by atoms with E-state index in [1.165, 1.54) is 32.1 Å². The van der Waals surface area contributed by atoms with Gasteiger partial charge in [0.05, 0.1) is 0 Å². The van der Waals surface area contributed by atoms with Gasteiger partial charge in [-0.25, -0.2) is 0 Å². The number of ketones is 1. The van der Waals surface area contributed by atoms with Crippen LogP contribution in [0.2, 0.25) is 0 Å². The van der Waals surface area contributed by atoms with Crippen LogP contribution in [0.1, 0.15) is 52.4 Å². The van der Waals surface area contributed by atoms with Gasteiger partial charge in [-0.05, 0) is 61.7 Å². The van der Waals surface area contributed by atoms with Gasteiger partial charge >= 0.3 is 0 Å². The molecule has 0 atom stereocenters. The highest BCUT2D eigenvalue weighted by molar-refractivity contribution is 5.80. The average Bonchev–Trinajstić information content (AvgIpc) is 2.21. The molecule has 0 heterocycles. The van der Waals surface area contributed by atoms with E-state index in [4.69, 9.17) is 0 Å². The molecule has 0 saturated heterocycles. The quantitative estimate of drug-likeness (QED) is 0.709. The number of hydrogen-bond donors (Lipinski definition) is 0. The molecule has 1 heteroatoms. The summed E-state index contributed by atoms with van der Waals surface area (Å²) in [4.78, 5) is 11.9. The molecule has 0 unspecified atom stereocenters. The molecule has 90 valence electrons. The number of carbonyl (C=O) groups is 1. The zero-order valence-corrected chi connectivity index (χ0v) is 10.6. The SMILES string of the molecule is CC(C)C(=O)CC1C2CC3CC(C2)CC1C3. The fourth-order valence-corrected chi connectivity index (χ4v) is 4.84. The number of rotatable bonds is 3. The minimum absolute atomic E-state index is 0.247. The van der Waals surface area contributed by atoms with Crippen molar-refractivity contribution < 1.29 is 4.79 Å². The van der Waals surface area contributed by atoms with Gasteiger partial charge in [-0.1, -0.05) is 13.8 Å². The lowest BCUT2D eigenvalue weighted by molar-refractivity contribution is -0.127. The molecule has 4 saturated carbocycles. The molecule has 4 bridgehead atoms. The summed E-state index contributed by atoms with van der Waals surface area (Å²) in [5, 5.41) is 0. The molecule has 4 rings (SSSR count). The molecule has 16 heavy (non-hydrogen) atoms. The summed E-state index contributed by atoms with van der Waals surface area (Å²) in [5.41, 5.74) is 0. The van der Waals surface area contributed by atoms with Gasteiger partial charge in [0.15, 0.2) is 0 Å². The van der Waals surface area contributed by atoms with Crippen molar-refractivity contribution >= 4 is 5.78 Å². The number of carbonyl (C=O) groups excluding carboxylic acids is 1. The van der Waals surface area contributed by atoms with E-state index in [1.54, 1.807) is 0 Å². The van der Waals surface area contributed by atoms with E-state index in [0.717, 1.165) is 36.0 Å². The largest absolute Gasteiger partial charge is 0.299 e. The molecule has 4 aliphatic carbocycles. The van der Waals surface area contributed by atoms with Crippen LogP contribution < -0.4 is 0 Å². The first kappa shape index (κ1) is 10.8. The van der Waals surface area contributed by atoms with Crippen molar-refractivity contribution in [2.75, 3.05) is 0 Å². The van der Waals surface area contributed by atoms with Crippen LogP contribution in [-0.2, 0) is 4.79 Å². The Morgan fingerprint density at radius 3 is 1.94 bits per heavy atom. The average molecular weight is 220 g/mol. The van der Waals surface area contributed by atoms with E-state index in [9.17, 15) is 4.79 Å². The molecule has 0 N–H and O–H groups in total. The molecular weight excluding hydrogens is 196 g/mol. The van der Waals surface area contributed by atoms with Crippen molar-refractivity contribution in [3.8, 4) is 0 Å². The first-order valence-electron chi connectivity index (χ1n) is 7.16. The maximum atomic E-state index is 11.9. The summed E-state index contributed by atoms with van der Waals surface area (Å²) in [6.07, 6.45) is 8.20. The Bertz CT molecular complexity index is 264. The molecule has 0 radical (unpaired) electrons. The predicted molar refractivity (Wildman–Crippen MR) is 65.0 cm³/mol. The zero-order valence-electron chi connectivity index (χ0n) is 10.6. The summed E-state index contributed by atoms with van der Waals surface area (Å²) in [6.45, 7) is 4.11. The summed E-state index contributed by atoms with van der Waals surface area (Å²) >= 11 is 0. The van der Waals surface area contributed by atoms with Crippen molar-refractivity contribution in [3.05, 3.63) is 0 Å². The molecule has 0 aromatic heterocycles. The Balaban J connectivity index is 1.70. The van der Waals surface area contributed by atoms with Crippen LogP contribution >= 0.6 is 0 Å². The molecule has 4 fully saturated rings. The summed E-state index contributed by atoms with van der Waals surface area (Å²) in [6, 6.07) is 0. The molecule has 0 spiro atoms. The van der Waals surface area contributed by atoms with Gasteiger partial charge in [0.25, 0.3) is 0 Å². The second kappa shape index (κ2) is 3.85. The van der Waals surface area contributed by atoms with Crippen molar-refractivity contribution in [1.29, 1.82) is 0 Å². The zero-order chi connectivity index (χ0) is 11.3. The third kappa shape index (κ3) is 1.72. The van der Waals surface area contributed by atoms with E-state index in [2.05, 4.69) is 13.8 Å². The molecular formula is C15H24O. The lowest BCUT2D eigenvalue weighted by Crippen LogP contribution is -2.45. The number of hydrogen-bond acceptors (Lipinski definition) is 1. The Kier molecular flexibility index (Phi) is 2.60. The van der Waals surface area contributed by atoms with Gasteiger partial charge in [0, 0.05) is 12.3 Å². The molecule has 0 amide bonds. The maximum Gasteiger partial charge on any atom is 0.135 e. The topological polar surface area (TPSA) is 17.1 Å². The van der Waals surface area contributed by atoms with Gasteiger partial charge in [-0.15, -0.1) is 0 Å². The van der Waals surface area contributed by atoms with Crippen LogP contribution in [0.3, 0.4) is 0 Å². The first-order chi connectivity index (χ1) is 7.63. The van der Waals surface area contributed by atoms with Gasteiger partial charge in [0.2, 0.25) is 0 Å². The van der Waals surface area contributed by atoms with E-state index < -0.39 is 0 Å². The Morgan fingerprint density at radius 1 is 1.00 bits per heavy atom. The molecule has 0 aromatic rings. The van der Waals surface area contributed by atoms with Gasteiger partial charge in [-0.2, -0.15) is 0 Å². The van der Waals surface area contributed by atoms with Crippen LogP contribution in [0.15, 0.2) is 0 Å². The third-order valence-corrected chi connectivity index (χ3v) is 5.50. The molecule has 1 nitrogen and oxygen atoms in total. The van der Waals surface area contributed by atoms with Crippen molar-refractivity contribution in [2.24, 2.45) is 35.5 Å².